The van der Waals surface area contributed by atoms with Crippen molar-refractivity contribution in [2.75, 3.05) is 0 Å². The van der Waals surface area contributed by atoms with Crippen LogP contribution in [0.25, 0.3) is 11.1 Å². The molecule has 3 nitrogen and oxygen atoms in total. The van der Waals surface area contributed by atoms with Gasteiger partial charge in [0.05, 0.1) is 0 Å². The summed E-state index contributed by atoms with van der Waals surface area (Å²) in [5.41, 5.74) is 6.74. The molecule has 3 heteroatoms. The molecule has 0 aliphatic heterocycles. The van der Waals surface area contributed by atoms with E-state index < -0.39 is 5.97 Å². The van der Waals surface area contributed by atoms with Crippen molar-refractivity contribution in [1.29, 1.82) is 0 Å². The quantitative estimate of drug-likeness (QED) is 0.539. The zero-order chi connectivity index (χ0) is 21.2. The molecule has 29 heavy (non-hydrogen) atoms. The first-order valence-corrected chi connectivity index (χ1v) is 9.82. The third kappa shape index (κ3) is 4.86. The Bertz CT molecular complexity index is 1020. The summed E-state index contributed by atoms with van der Waals surface area (Å²) < 4.78 is 5.87. The Morgan fingerprint density at radius 2 is 1.62 bits per heavy atom. The highest BCUT2D eigenvalue weighted by Gasteiger charge is 2.15. The lowest BCUT2D eigenvalue weighted by atomic mass is 9.87. The number of aromatic carboxylic acids is 1. The molecule has 0 unspecified atom stereocenters. The summed E-state index contributed by atoms with van der Waals surface area (Å²) in [7, 11) is 0. The van der Waals surface area contributed by atoms with E-state index in [9.17, 15) is 9.90 Å². The molecule has 0 aliphatic rings. The van der Waals surface area contributed by atoms with Crippen LogP contribution in [0.3, 0.4) is 0 Å². The Morgan fingerprint density at radius 3 is 2.21 bits per heavy atom. The molecule has 3 aromatic rings. The smallest absolute Gasteiger partial charge is 0.339 e. The van der Waals surface area contributed by atoms with Gasteiger partial charge in [-0.3, -0.25) is 0 Å². The van der Waals surface area contributed by atoms with Crippen molar-refractivity contribution in [2.45, 2.75) is 46.6 Å². The molecule has 0 fully saturated rings. The fourth-order valence-electron chi connectivity index (χ4n) is 3.39. The van der Waals surface area contributed by atoms with Gasteiger partial charge in [-0.2, -0.15) is 0 Å². The highest BCUT2D eigenvalue weighted by Crippen LogP contribution is 2.30. The lowest BCUT2D eigenvalue weighted by Crippen LogP contribution is -2.11. The highest BCUT2D eigenvalue weighted by molar-refractivity contribution is 5.93. The van der Waals surface area contributed by atoms with E-state index in [1.54, 1.807) is 12.1 Å². The van der Waals surface area contributed by atoms with Crippen molar-refractivity contribution < 1.29 is 14.6 Å². The van der Waals surface area contributed by atoms with Crippen molar-refractivity contribution in [2.24, 2.45) is 0 Å². The lowest BCUT2D eigenvalue weighted by molar-refractivity contribution is 0.0692. The molecular weight excluding hydrogens is 360 g/mol. The van der Waals surface area contributed by atoms with E-state index in [2.05, 4.69) is 39.0 Å². The van der Waals surface area contributed by atoms with Gasteiger partial charge < -0.3 is 9.84 Å². The van der Waals surface area contributed by atoms with E-state index in [1.165, 1.54) is 11.1 Å². The minimum absolute atomic E-state index is 0.0970. The lowest BCUT2D eigenvalue weighted by Gasteiger charge is -2.19. The monoisotopic (exact) mass is 388 g/mol. The summed E-state index contributed by atoms with van der Waals surface area (Å²) in [6.45, 7) is 10.9. The van der Waals surface area contributed by atoms with Gasteiger partial charge in [0.1, 0.15) is 17.9 Å². The van der Waals surface area contributed by atoms with Gasteiger partial charge in [0.15, 0.2) is 0 Å². The van der Waals surface area contributed by atoms with Crippen LogP contribution in [0.1, 0.15) is 53.4 Å². The number of carbonyl (C=O) groups is 1. The van der Waals surface area contributed by atoms with Crippen molar-refractivity contribution in [3.63, 3.8) is 0 Å². The normalized spacial score (nSPS) is 11.3. The molecule has 0 amide bonds. The van der Waals surface area contributed by atoms with Crippen molar-refractivity contribution >= 4 is 5.97 Å². The van der Waals surface area contributed by atoms with Gasteiger partial charge in [-0.05, 0) is 59.2 Å². The summed E-state index contributed by atoms with van der Waals surface area (Å²) in [6, 6.07) is 19.8. The average Bonchev–Trinajstić information content (AvgIpc) is 2.66. The van der Waals surface area contributed by atoms with E-state index in [-0.39, 0.29) is 11.0 Å². The second kappa shape index (κ2) is 8.12. The van der Waals surface area contributed by atoms with Gasteiger partial charge >= 0.3 is 5.97 Å². The first kappa shape index (κ1) is 20.7. The second-order valence-corrected chi connectivity index (χ2v) is 8.57. The van der Waals surface area contributed by atoms with Gasteiger partial charge in [0.2, 0.25) is 0 Å². The Balaban J connectivity index is 1.83. The molecule has 0 saturated carbocycles. The highest BCUT2D eigenvalue weighted by atomic mass is 16.5. The van der Waals surface area contributed by atoms with Gasteiger partial charge in [-0.1, -0.05) is 74.9 Å². The predicted molar refractivity (Wildman–Crippen MR) is 118 cm³/mol. The van der Waals surface area contributed by atoms with E-state index in [1.807, 2.05) is 44.2 Å². The topological polar surface area (TPSA) is 46.5 Å². The largest absolute Gasteiger partial charge is 0.488 e. The number of ether oxygens (including phenoxy) is 1. The Morgan fingerprint density at radius 1 is 0.931 bits per heavy atom. The summed E-state index contributed by atoms with van der Waals surface area (Å²) in [5, 5.41) is 9.69. The average molecular weight is 389 g/mol. The van der Waals surface area contributed by atoms with Crippen LogP contribution in [0, 0.1) is 13.8 Å². The van der Waals surface area contributed by atoms with Crippen molar-refractivity contribution in [1.82, 2.24) is 0 Å². The maximum Gasteiger partial charge on any atom is 0.339 e. The predicted octanol–water partition coefficient (Wildman–Crippen LogP) is 6.55. The molecule has 0 aliphatic carbocycles. The standard InChI is InChI=1S/C26H28O3/c1-17-6-12-22(18(2)14-17)20-9-13-24(23(15-20)25(27)28)29-16-19-7-10-21(11-8-19)26(3,4)5/h6-15H,16H2,1-5H3,(H,27,28). The summed E-state index contributed by atoms with van der Waals surface area (Å²) >= 11 is 0. The number of carboxylic acids is 1. The Hall–Kier alpha value is -3.07. The summed E-state index contributed by atoms with van der Waals surface area (Å²) in [4.78, 5) is 11.8. The molecule has 0 radical (unpaired) electrons. The molecule has 0 saturated heterocycles. The third-order valence-corrected chi connectivity index (χ3v) is 5.12. The fourth-order valence-corrected chi connectivity index (χ4v) is 3.39. The van der Waals surface area contributed by atoms with Gasteiger partial charge in [-0.25, -0.2) is 4.79 Å². The second-order valence-electron chi connectivity index (χ2n) is 8.57. The molecule has 1 N–H and O–H groups in total. The van der Waals surface area contributed by atoms with E-state index in [0.717, 1.165) is 22.3 Å². The number of hydrogen-bond donors (Lipinski definition) is 1. The SMILES string of the molecule is Cc1ccc(-c2ccc(OCc3ccc(C(C)(C)C)cc3)c(C(=O)O)c2)c(C)c1. The number of benzene rings is 3. The maximum absolute atomic E-state index is 11.8. The van der Waals surface area contributed by atoms with Crippen LogP contribution in [-0.2, 0) is 12.0 Å². The van der Waals surface area contributed by atoms with E-state index in [4.69, 9.17) is 4.74 Å². The summed E-state index contributed by atoms with van der Waals surface area (Å²) in [5.74, 6) is -0.611. The van der Waals surface area contributed by atoms with Crippen LogP contribution in [0.5, 0.6) is 5.75 Å². The van der Waals surface area contributed by atoms with Crippen molar-refractivity contribution in [3.8, 4) is 16.9 Å². The molecule has 0 spiro atoms. The number of carboxylic acid groups (broad SMARTS) is 1. The number of rotatable bonds is 5. The third-order valence-electron chi connectivity index (χ3n) is 5.12. The molecule has 3 aromatic carbocycles. The first-order chi connectivity index (χ1) is 13.6. The minimum Gasteiger partial charge on any atom is -0.488 e. The molecule has 3 rings (SSSR count). The molecule has 150 valence electrons. The van der Waals surface area contributed by atoms with Crippen LogP contribution in [0.15, 0.2) is 60.7 Å². The zero-order valence-electron chi connectivity index (χ0n) is 17.7. The minimum atomic E-state index is -0.991. The Kier molecular flexibility index (Phi) is 5.78. The maximum atomic E-state index is 11.8. The molecule has 0 aromatic heterocycles. The van der Waals surface area contributed by atoms with E-state index in [0.29, 0.717) is 12.4 Å². The van der Waals surface area contributed by atoms with Crippen LogP contribution < -0.4 is 4.74 Å². The molecule has 0 atom stereocenters. The van der Waals surface area contributed by atoms with E-state index >= 15 is 0 Å². The number of aryl methyl sites for hydroxylation is 2. The molecular formula is C26H28O3. The van der Waals surface area contributed by atoms with Crippen LogP contribution >= 0.6 is 0 Å². The number of hydrogen-bond acceptors (Lipinski definition) is 2. The van der Waals surface area contributed by atoms with Crippen molar-refractivity contribution in [3.05, 3.63) is 88.5 Å². The van der Waals surface area contributed by atoms with Crippen LogP contribution in [0.4, 0.5) is 0 Å². The van der Waals surface area contributed by atoms with Gasteiger partial charge in [0, 0.05) is 0 Å². The fraction of sp³-hybridized carbons (Fsp3) is 0.269. The Labute approximate surface area is 173 Å². The van der Waals surface area contributed by atoms with Crippen LogP contribution in [0.2, 0.25) is 0 Å². The zero-order valence-corrected chi connectivity index (χ0v) is 17.7. The summed E-state index contributed by atoms with van der Waals surface area (Å²) in [6.07, 6.45) is 0. The van der Waals surface area contributed by atoms with Crippen LogP contribution in [-0.4, -0.2) is 11.1 Å². The first-order valence-electron chi connectivity index (χ1n) is 9.82. The molecule has 0 bridgehead atoms. The molecule has 0 heterocycles. The van der Waals surface area contributed by atoms with Gasteiger partial charge in [-0.15, -0.1) is 0 Å². The van der Waals surface area contributed by atoms with Gasteiger partial charge in [0.25, 0.3) is 0 Å².